The summed E-state index contributed by atoms with van der Waals surface area (Å²) in [6, 6.07) is 7.54. The van der Waals surface area contributed by atoms with Crippen LogP contribution in [0, 0.1) is 0 Å². The van der Waals surface area contributed by atoms with E-state index in [0.717, 1.165) is 17.6 Å². The number of amides is 1. The van der Waals surface area contributed by atoms with Crippen molar-refractivity contribution in [2.75, 3.05) is 13.1 Å². The van der Waals surface area contributed by atoms with Crippen LogP contribution in [0.15, 0.2) is 29.1 Å². The van der Waals surface area contributed by atoms with Crippen LogP contribution in [-0.4, -0.2) is 34.6 Å². The van der Waals surface area contributed by atoms with Crippen LogP contribution in [0.25, 0.3) is 11.0 Å². The van der Waals surface area contributed by atoms with Crippen molar-refractivity contribution in [1.82, 2.24) is 20.2 Å². The Kier molecular flexibility index (Phi) is 4.57. The summed E-state index contributed by atoms with van der Waals surface area (Å²) in [5.74, 6) is -0.165. The van der Waals surface area contributed by atoms with Gasteiger partial charge in [0, 0.05) is 12.6 Å². The molecule has 1 aromatic carbocycles. The molecule has 2 aromatic rings. The molecule has 0 radical (unpaired) electrons. The molecule has 1 heterocycles. The molecule has 0 aliphatic heterocycles. The van der Waals surface area contributed by atoms with E-state index in [0.29, 0.717) is 6.54 Å². The van der Waals surface area contributed by atoms with Crippen molar-refractivity contribution in [3.05, 3.63) is 34.7 Å². The summed E-state index contributed by atoms with van der Waals surface area (Å²) in [4.78, 5) is 26.5. The fourth-order valence-electron chi connectivity index (χ4n) is 2.15. The monoisotopic (exact) mass is 276 g/mol. The number of aromatic nitrogens is 2. The smallest absolute Gasteiger partial charge is 0.326 e. The predicted octanol–water partition coefficient (Wildman–Crippen LogP) is 0.444. The lowest BCUT2D eigenvalue weighted by Crippen LogP contribution is -2.40. The average Bonchev–Trinajstić information content (AvgIpc) is 2.73. The van der Waals surface area contributed by atoms with Crippen molar-refractivity contribution in [2.45, 2.75) is 26.4 Å². The number of aromatic amines is 1. The van der Waals surface area contributed by atoms with Crippen LogP contribution in [0.1, 0.15) is 13.8 Å². The van der Waals surface area contributed by atoms with Crippen LogP contribution in [-0.2, 0) is 11.3 Å². The van der Waals surface area contributed by atoms with Gasteiger partial charge in [0.05, 0.1) is 11.0 Å². The van der Waals surface area contributed by atoms with Crippen molar-refractivity contribution in [3.63, 3.8) is 0 Å². The number of nitrogens with zero attached hydrogens (tertiary/aromatic N) is 1. The molecule has 0 saturated heterocycles. The fourth-order valence-corrected chi connectivity index (χ4v) is 2.15. The van der Waals surface area contributed by atoms with E-state index in [1.54, 1.807) is 0 Å². The second kappa shape index (κ2) is 6.38. The lowest BCUT2D eigenvalue weighted by molar-refractivity contribution is -0.121. The number of likely N-dealkylation sites (N-methyl/N-ethyl adjacent to an activating group) is 1. The highest BCUT2D eigenvalue weighted by atomic mass is 16.2. The summed E-state index contributed by atoms with van der Waals surface area (Å²) in [6.45, 7) is 5.45. The first-order valence-electron chi connectivity index (χ1n) is 6.79. The van der Waals surface area contributed by atoms with Crippen LogP contribution >= 0.6 is 0 Å². The SMILES string of the molecule is CCN[C@H](C)CNC(=O)Cn1c(=O)[nH]c2ccccc21. The number of nitrogens with one attached hydrogen (secondary N) is 3. The number of carbonyl (C=O) groups is 1. The normalized spacial score (nSPS) is 12.5. The Hall–Kier alpha value is -2.08. The van der Waals surface area contributed by atoms with Crippen molar-refractivity contribution in [1.29, 1.82) is 0 Å². The quantitative estimate of drug-likeness (QED) is 0.716. The first-order valence-corrected chi connectivity index (χ1v) is 6.79. The van der Waals surface area contributed by atoms with Gasteiger partial charge in [-0.15, -0.1) is 0 Å². The van der Waals surface area contributed by atoms with Crippen molar-refractivity contribution in [2.24, 2.45) is 0 Å². The standard InChI is InChI=1S/C14H20N4O2/c1-3-15-10(2)8-16-13(19)9-18-12-7-5-4-6-11(12)17-14(18)20/h4-7,10,15H,3,8-9H2,1-2H3,(H,16,19)(H,17,20)/t10-/m1/s1. The molecule has 0 unspecified atom stereocenters. The molecular weight excluding hydrogens is 256 g/mol. The summed E-state index contributed by atoms with van der Waals surface area (Å²) in [7, 11) is 0. The Morgan fingerprint density at radius 2 is 2.15 bits per heavy atom. The minimum Gasteiger partial charge on any atom is -0.353 e. The summed E-state index contributed by atoms with van der Waals surface area (Å²) < 4.78 is 1.45. The highest BCUT2D eigenvalue weighted by Crippen LogP contribution is 2.08. The van der Waals surface area contributed by atoms with E-state index in [9.17, 15) is 9.59 Å². The van der Waals surface area contributed by atoms with Crippen molar-refractivity contribution >= 4 is 16.9 Å². The number of hydrogen-bond acceptors (Lipinski definition) is 3. The molecule has 1 aromatic heterocycles. The van der Waals surface area contributed by atoms with Gasteiger partial charge in [0.2, 0.25) is 5.91 Å². The molecule has 6 heteroatoms. The largest absolute Gasteiger partial charge is 0.353 e. The van der Waals surface area contributed by atoms with Crippen LogP contribution in [0.3, 0.4) is 0 Å². The lowest BCUT2D eigenvalue weighted by Gasteiger charge is -2.13. The van der Waals surface area contributed by atoms with E-state index in [1.807, 2.05) is 38.1 Å². The van der Waals surface area contributed by atoms with Gasteiger partial charge in [-0.05, 0) is 25.6 Å². The van der Waals surface area contributed by atoms with Gasteiger partial charge in [0.1, 0.15) is 6.54 Å². The van der Waals surface area contributed by atoms with Crippen molar-refractivity contribution < 1.29 is 4.79 Å². The maximum Gasteiger partial charge on any atom is 0.326 e. The van der Waals surface area contributed by atoms with Crippen LogP contribution in [0.5, 0.6) is 0 Å². The number of fused-ring (bicyclic) bond motifs is 1. The third kappa shape index (κ3) is 3.27. The van der Waals surface area contributed by atoms with E-state index in [-0.39, 0.29) is 24.2 Å². The van der Waals surface area contributed by atoms with Gasteiger partial charge in [0.15, 0.2) is 0 Å². The Bertz CT molecular complexity index is 644. The number of H-pyrrole nitrogens is 1. The number of benzene rings is 1. The average molecular weight is 276 g/mol. The summed E-state index contributed by atoms with van der Waals surface area (Å²) in [5, 5.41) is 6.03. The van der Waals surface area contributed by atoms with Gasteiger partial charge < -0.3 is 15.6 Å². The maximum absolute atomic E-state index is 11.9. The molecule has 6 nitrogen and oxygen atoms in total. The Morgan fingerprint density at radius 3 is 2.90 bits per heavy atom. The predicted molar refractivity (Wildman–Crippen MR) is 78.7 cm³/mol. The number of carbonyl (C=O) groups excluding carboxylic acids is 1. The minimum absolute atomic E-state index is 0.0295. The van der Waals surface area contributed by atoms with Gasteiger partial charge in [0.25, 0.3) is 0 Å². The van der Waals surface area contributed by atoms with Crippen LogP contribution < -0.4 is 16.3 Å². The van der Waals surface area contributed by atoms with Crippen LogP contribution in [0.4, 0.5) is 0 Å². The molecule has 3 N–H and O–H groups in total. The Morgan fingerprint density at radius 1 is 1.40 bits per heavy atom. The van der Waals surface area contributed by atoms with E-state index >= 15 is 0 Å². The zero-order chi connectivity index (χ0) is 14.5. The molecule has 1 atom stereocenters. The van der Waals surface area contributed by atoms with E-state index < -0.39 is 0 Å². The molecule has 20 heavy (non-hydrogen) atoms. The lowest BCUT2D eigenvalue weighted by atomic mass is 10.3. The van der Waals surface area contributed by atoms with Gasteiger partial charge in [-0.3, -0.25) is 9.36 Å². The third-order valence-electron chi connectivity index (χ3n) is 3.14. The number of hydrogen-bond donors (Lipinski definition) is 3. The molecule has 0 spiro atoms. The van der Waals surface area contributed by atoms with Crippen LogP contribution in [0.2, 0.25) is 0 Å². The molecule has 0 aliphatic carbocycles. The molecule has 108 valence electrons. The summed E-state index contributed by atoms with van der Waals surface area (Å²) in [5.41, 5.74) is 1.22. The second-order valence-corrected chi connectivity index (χ2v) is 4.80. The fraction of sp³-hybridized carbons (Fsp3) is 0.429. The maximum atomic E-state index is 11.9. The number of para-hydroxylation sites is 2. The van der Waals surface area contributed by atoms with E-state index in [2.05, 4.69) is 15.6 Å². The molecule has 0 saturated carbocycles. The van der Waals surface area contributed by atoms with Gasteiger partial charge >= 0.3 is 5.69 Å². The zero-order valence-electron chi connectivity index (χ0n) is 11.8. The first kappa shape index (κ1) is 14.3. The number of rotatable bonds is 6. The third-order valence-corrected chi connectivity index (χ3v) is 3.14. The second-order valence-electron chi connectivity index (χ2n) is 4.80. The minimum atomic E-state index is -0.263. The van der Waals surface area contributed by atoms with Gasteiger partial charge in [-0.25, -0.2) is 4.79 Å². The molecule has 2 rings (SSSR count). The van der Waals surface area contributed by atoms with Gasteiger partial charge in [-0.2, -0.15) is 0 Å². The highest BCUT2D eigenvalue weighted by molar-refractivity contribution is 5.80. The molecule has 0 bridgehead atoms. The zero-order valence-corrected chi connectivity index (χ0v) is 11.8. The molecule has 0 fully saturated rings. The topological polar surface area (TPSA) is 78.9 Å². The highest BCUT2D eigenvalue weighted by Gasteiger charge is 2.10. The summed E-state index contributed by atoms with van der Waals surface area (Å²) in [6.07, 6.45) is 0. The molecular formula is C14H20N4O2. The van der Waals surface area contributed by atoms with E-state index in [1.165, 1.54) is 4.57 Å². The molecule has 1 amide bonds. The summed E-state index contributed by atoms with van der Waals surface area (Å²) >= 11 is 0. The Balaban J connectivity index is 2.03. The number of imidazole rings is 1. The van der Waals surface area contributed by atoms with Crippen molar-refractivity contribution in [3.8, 4) is 0 Å². The Labute approximate surface area is 117 Å². The van der Waals surface area contributed by atoms with Gasteiger partial charge in [-0.1, -0.05) is 19.1 Å². The first-order chi connectivity index (χ1) is 9.61. The molecule has 0 aliphatic rings. The van der Waals surface area contributed by atoms with E-state index in [4.69, 9.17) is 0 Å².